The van der Waals surface area contributed by atoms with Gasteiger partial charge in [0.15, 0.2) is 0 Å². The Morgan fingerprint density at radius 1 is 1.05 bits per heavy atom. The zero-order valence-electron chi connectivity index (χ0n) is 10.3. The maximum Gasteiger partial charge on any atom is 0.416 e. The molecule has 0 saturated carbocycles. The normalized spacial score (nSPS) is 11.3. The van der Waals surface area contributed by atoms with Crippen LogP contribution in [0.4, 0.5) is 13.2 Å². The number of carboxylic acids is 1. The molecule has 2 nitrogen and oxygen atoms in total. The lowest BCUT2D eigenvalue weighted by atomic mass is 9.96. The number of carbonyl (C=O) groups is 1. The maximum atomic E-state index is 12.7. The molecule has 0 saturated heterocycles. The Kier molecular flexibility index (Phi) is 3.79. The first-order chi connectivity index (χ1) is 9.38. The van der Waals surface area contributed by atoms with Crippen molar-refractivity contribution < 1.29 is 23.1 Å². The molecule has 2 aromatic rings. The molecule has 0 aliphatic rings. The van der Waals surface area contributed by atoms with E-state index in [0.29, 0.717) is 16.7 Å². The summed E-state index contributed by atoms with van der Waals surface area (Å²) in [5.41, 5.74) is 0.595. The lowest BCUT2D eigenvalue weighted by molar-refractivity contribution is -0.138. The fourth-order valence-corrected chi connectivity index (χ4v) is 1.98. The second-order valence-corrected chi connectivity index (χ2v) is 4.31. The fourth-order valence-electron chi connectivity index (χ4n) is 1.98. The Labute approximate surface area is 113 Å². The summed E-state index contributed by atoms with van der Waals surface area (Å²) in [6.45, 7) is 0. The standard InChI is InChI=1S/C15H11F3O2/c16-15(17,18)12-6-3-5-10(8-12)13-7-2-1-4-11(13)9-14(19)20/h1-8H,9H2,(H,19,20). The topological polar surface area (TPSA) is 37.3 Å². The summed E-state index contributed by atoms with van der Waals surface area (Å²) in [5, 5.41) is 8.84. The average molecular weight is 280 g/mol. The summed E-state index contributed by atoms with van der Waals surface area (Å²) in [4.78, 5) is 10.8. The molecule has 0 atom stereocenters. The van der Waals surface area contributed by atoms with Crippen molar-refractivity contribution in [1.82, 2.24) is 0 Å². The third kappa shape index (κ3) is 3.17. The van der Waals surface area contributed by atoms with Crippen LogP contribution in [0.25, 0.3) is 11.1 Å². The van der Waals surface area contributed by atoms with E-state index in [1.54, 1.807) is 24.3 Å². The summed E-state index contributed by atoms with van der Waals surface area (Å²) >= 11 is 0. The minimum Gasteiger partial charge on any atom is -0.481 e. The van der Waals surface area contributed by atoms with E-state index in [4.69, 9.17) is 5.11 Å². The van der Waals surface area contributed by atoms with E-state index in [2.05, 4.69) is 0 Å². The zero-order chi connectivity index (χ0) is 14.8. The van der Waals surface area contributed by atoms with Crippen LogP contribution in [-0.4, -0.2) is 11.1 Å². The van der Waals surface area contributed by atoms with Gasteiger partial charge in [0.2, 0.25) is 0 Å². The molecule has 0 unspecified atom stereocenters. The number of benzene rings is 2. The van der Waals surface area contributed by atoms with Crippen molar-refractivity contribution in [2.24, 2.45) is 0 Å². The van der Waals surface area contributed by atoms with Gasteiger partial charge in [-0.15, -0.1) is 0 Å². The molecular weight excluding hydrogens is 269 g/mol. The van der Waals surface area contributed by atoms with Gasteiger partial charge in [0.05, 0.1) is 12.0 Å². The van der Waals surface area contributed by atoms with Crippen LogP contribution in [0.3, 0.4) is 0 Å². The lowest BCUT2D eigenvalue weighted by Crippen LogP contribution is -2.05. The van der Waals surface area contributed by atoms with Gasteiger partial charge in [0, 0.05) is 0 Å². The molecule has 0 spiro atoms. The smallest absolute Gasteiger partial charge is 0.416 e. The predicted molar refractivity (Wildman–Crippen MR) is 68.2 cm³/mol. The molecular formula is C15H11F3O2. The highest BCUT2D eigenvalue weighted by Crippen LogP contribution is 2.33. The van der Waals surface area contributed by atoms with E-state index in [1.165, 1.54) is 12.1 Å². The Balaban J connectivity index is 2.49. The van der Waals surface area contributed by atoms with Gasteiger partial charge in [-0.25, -0.2) is 0 Å². The summed E-state index contributed by atoms with van der Waals surface area (Å²) in [6, 6.07) is 11.4. The maximum absolute atomic E-state index is 12.7. The molecule has 0 aliphatic heterocycles. The number of rotatable bonds is 3. The summed E-state index contributed by atoms with van der Waals surface area (Å²) in [6.07, 6.45) is -4.65. The molecule has 0 aliphatic carbocycles. The fraction of sp³-hybridized carbons (Fsp3) is 0.133. The van der Waals surface area contributed by atoms with Gasteiger partial charge in [0.25, 0.3) is 0 Å². The van der Waals surface area contributed by atoms with Gasteiger partial charge in [-0.1, -0.05) is 36.4 Å². The van der Waals surface area contributed by atoms with E-state index in [-0.39, 0.29) is 6.42 Å². The average Bonchev–Trinajstić information content (AvgIpc) is 2.38. The van der Waals surface area contributed by atoms with Crippen LogP contribution in [0.5, 0.6) is 0 Å². The van der Waals surface area contributed by atoms with Crippen LogP contribution < -0.4 is 0 Å². The van der Waals surface area contributed by atoms with Crippen molar-refractivity contribution in [3.63, 3.8) is 0 Å². The van der Waals surface area contributed by atoms with Crippen molar-refractivity contribution in [1.29, 1.82) is 0 Å². The molecule has 0 bridgehead atoms. The quantitative estimate of drug-likeness (QED) is 0.922. The SMILES string of the molecule is O=C(O)Cc1ccccc1-c1cccc(C(F)(F)F)c1. The molecule has 104 valence electrons. The van der Waals surface area contributed by atoms with Crippen molar-refractivity contribution in [3.8, 4) is 11.1 Å². The largest absolute Gasteiger partial charge is 0.481 e. The first-order valence-electron chi connectivity index (χ1n) is 5.85. The van der Waals surface area contributed by atoms with Gasteiger partial charge in [-0.3, -0.25) is 4.79 Å². The highest BCUT2D eigenvalue weighted by atomic mass is 19.4. The van der Waals surface area contributed by atoms with E-state index in [9.17, 15) is 18.0 Å². The molecule has 5 heteroatoms. The van der Waals surface area contributed by atoms with Gasteiger partial charge in [-0.2, -0.15) is 13.2 Å². The molecule has 20 heavy (non-hydrogen) atoms. The van der Waals surface area contributed by atoms with Gasteiger partial charge >= 0.3 is 12.1 Å². The van der Waals surface area contributed by atoms with Crippen LogP contribution in [0.15, 0.2) is 48.5 Å². The van der Waals surface area contributed by atoms with E-state index < -0.39 is 17.7 Å². The Bertz CT molecular complexity index is 633. The third-order valence-corrected chi connectivity index (χ3v) is 2.86. The molecule has 0 fully saturated rings. The third-order valence-electron chi connectivity index (χ3n) is 2.86. The van der Waals surface area contributed by atoms with Gasteiger partial charge < -0.3 is 5.11 Å². The Morgan fingerprint density at radius 3 is 2.40 bits per heavy atom. The number of aliphatic carboxylic acids is 1. The van der Waals surface area contributed by atoms with E-state index in [1.807, 2.05) is 0 Å². The molecule has 2 aromatic carbocycles. The van der Waals surface area contributed by atoms with Gasteiger partial charge in [0.1, 0.15) is 0 Å². The summed E-state index contributed by atoms with van der Waals surface area (Å²) < 4.78 is 38.1. The lowest BCUT2D eigenvalue weighted by Gasteiger charge is -2.11. The highest BCUT2D eigenvalue weighted by molar-refractivity contribution is 5.76. The second kappa shape index (κ2) is 5.36. The van der Waals surface area contributed by atoms with Crippen LogP contribution in [0.1, 0.15) is 11.1 Å². The second-order valence-electron chi connectivity index (χ2n) is 4.31. The van der Waals surface area contributed by atoms with Crippen LogP contribution in [-0.2, 0) is 17.4 Å². The van der Waals surface area contributed by atoms with Crippen LogP contribution >= 0.6 is 0 Å². The summed E-state index contributed by atoms with van der Waals surface area (Å²) in [5.74, 6) is -1.02. The van der Waals surface area contributed by atoms with Crippen molar-refractivity contribution >= 4 is 5.97 Å². The minimum atomic E-state index is -4.42. The first-order valence-corrected chi connectivity index (χ1v) is 5.85. The molecule has 0 aromatic heterocycles. The van der Waals surface area contributed by atoms with E-state index >= 15 is 0 Å². The molecule has 2 rings (SSSR count). The number of hydrogen-bond acceptors (Lipinski definition) is 1. The highest BCUT2D eigenvalue weighted by Gasteiger charge is 2.30. The predicted octanol–water partition coefficient (Wildman–Crippen LogP) is 4.00. The first kappa shape index (κ1) is 14.1. The van der Waals surface area contributed by atoms with Crippen molar-refractivity contribution in [2.75, 3.05) is 0 Å². The van der Waals surface area contributed by atoms with Crippen LogP contribution in [0, 0.1) is 0 Å². The molecule has 0 radical (unpaired) electrons. The summed E-state index contributed by atoms with van der Waals surface area (Å²) in [7, 11) is 0. The Hall–Kier alpha value is -2.30. The molecule has 0 heterocycles. The van der Waals surface area contributed by atoms with Crippen molar-refractivity contribution in [2.45, 2.75) is 12.6 Å². The molecule has 0 amide bonds. The number of hydrogen-bond donors (Lipinski definition) is 1. The molecule has 1 N–H and O–H groups in total. The zero-order valence-corrected chi connectivity index (χ0v) is 10.3. The monoisotopic (exact) mass is 280 g/mol. The van der Waals surface area contributed by atoms with Crippen LogP contribution in [0.2, 0.25) is 0 Å². The van der Waals surface area contributed by atoms with E-state index in [0.717, 1.165) is 12.1 Å². The van der Waals surface area contributed by atoms with Gasteiger partial charge in [-0.05, 0) is 28.8 Å². The number of carboxylic acid groups (broad SMARTS) is 1. The van der Waals surface area contributed by atoms with Crippen molar-refractivity contribution in [3.05, 3.63) is 59.7 Å². The minimum absolute atomic E-state index is 0.230. The number of halogens is 3. The number of alkyl halides is 3. The Morgan fingerprint density at radius 2 is 1.75 bits per heavy atom.